The van der Waals surface area contributed by atoms with Gasteiger partial charge in [-0.3, -0.25) is 9.69 Å². The Kier molecular flexibility index (Phi) is 7.03. The molecule has 2 aliphatic rings. The molecule has 0 aromatic rings. The quantitative estimate of drug-likeness (QED) is 0.540. The monoisotopic (exact) mass is 334 g/mol. The summed E-state index contributed by atoms with van der Waals surface area (Å²) >= 11 is 0. The molecule has 0 spiro atoms. The van der Waals surface area contributed by atoms with E-state index in [2.05, 4.69) is 27.8 Å². The van der Waals surface area contributed by atoms with Gasteiger partial charge in [0, 0.05) is 58.6 Å². The molecule has 0 saturated carbocycles. The van der Waals surface area contributed by atoms with Gasteiger partial charge in [0.1, 0.15) is 11.6 Å². The van der Waals surface area contributed by atoms with Gasteiger partial charge in [0.15, 0.2) is 0 Å². The number of carbonyl (C=O) groups is 1. The van der Waals surface area contributed by atoms with Crippen molar-refractivity contribution in [3.8, 4) is 6.07 Å². The van der Waals surface area contributed by atoms with E-state index in [4.69, 9.17) is 5.73 Å². The lowest BCUT2D eigenvalue weighted by molar-refractivity contribution is -0.128. The molecule has 24 heavy (non-hydrogen) atoms. The lowest BCUT2D eigenvalue weighted by Crippen LogP contribution is -2.47. The van der Waals surface area contributed by atoms with Crippen LogP contribution in [-0.2, 0) is 4.79 Å². The van der Waals surface area contributed by atoms with E-state index in [1.54, 1.807) is 11.1 Å². The Labute approximate surface area is 145 Å². The fourth-order valence-corrected chi connectivity index (χ4v) is 3.35. The van der Waals surface area contributed by atoms with Crippen LogP contribution in [0.1, 0.15) is 12.8 Å². The normalized spacial score (nSPS) is 21.6. The Bertz CT molecular complexity index is 484. The van der Waals surface area contributed by atoms with Crippen molar-refractivity contribution < 1.29 is 4.79 Å². The van der Waals surface area contributed by atoms with Gasteiger partial charge in [0.05, 0.1) is 0 Å². The fraction of sp³-hybridized carbons (Fsp3) is 0.765. The average molecular weight is 334 g/mol. The Hall–Kier alpha value is -1.62. The summed E-state index contributed by atoms with van der Waals surface area (Å²) in [6.45, 7) is 7.07. The Morgan fingerprint density at radius 1 is 1.25 bits per heavy atom. The van der Waals surface area contributed by atoms with Gasteiger partial charge < -0.3 is 20.4 Å². The number of nitriles is 1. The van der Waals surface area contributed by atoms with Crippen LogP contribution in [0.15, 0.2) is 11.8 Å². The molecule has 2 N–H and O–H groups in total. The number of piperazine rings is 1. The van der Waals surface area contributed by atoms with E-state index in [-0.39, 0.29) is 17.5 Å². The predicted molar refractivity (Wildman–Crippen MR) is 94.1 cm³/mol. The van der Waals surface area contributed by atoms with Crippen molar-refractivity contribution in [2.24, 2.45) is 5.73 Å². The molecule has 1 amide bonds. The molecule has 2 heterocycles. The lowest BCUT2D eigenvalue weighted by Gasteiger charge is -2.36. The van der Waals surface area contributed by atoms with Crippen LogP contribution in [0, 0.1) is 11.3 Å². The number of hydrogen-bond acceptors (Lipinski definition) is 6. The molecule has 134 valence electrons. The van der Waals surface area contributed by atoms with Crippen LogP contribution in [0.25, 0.3) is 0 Å². The first-order chi connectivity index (χ1) is 11.5. The maximum absolute atomic E-state index is 12.7. The van der Waals surface area contributed by atoms with Gasteiger partial charge in [-0.15, -0.1) is 0 Å². The van der Waals surface area contributed by atoms with Crippen LogP contribution >= 0.6 is 0 Å². The molecule has 7 heteroatoms. The molecule has 2 fully saturated rings. The van der Waals surface area contributed by atoms with Gasteiger partial charge in [-0.2, -0.15) is 5.26 Å². The SMILES string of the molecule is CN1CCC(N(C)C(=O)/C(C#N)=C\N2CCN(CCN)CC2)CC1. The second-order valence-corrected chi connectivity index (χ2v) is 6.77. The number of rotatable bonds is 5. The van der Waals surface area contributed by atoms with E-state index in [1.165, 1.54) is 0 Å². The number of likely N-dealkylation sites (N-methyl/N-ethyl adjacent to an activating group) is 1. The van der Waals surface area contributed by atoms with Gasteiger partial charge in [0.25, 0.3) is 5.91 Å². The molecule has 2 aliphatic heterocycles. The molecule has 2 rings (SSSR count). The summed E-state index contributed by atoms with van der Waals surface area (Å²) in [6, 6.07) is 2.33. The summed E-state index contributed by atoms with van der Waals surface area (Å²) in [5, 5.41) is 9.42. The molecule has 0 radical (unpaired) electrons. The Morgan fingerprint density at radius 3 is 2.42 bits per heavy atom. The number of hydrogen-bond donors (Lipinski definition) is 1. The van der Waals surface area contributed by atoms with Crippen LogP contribution in [-0.4, -0.2) is 98.0 Å². The fourth-order valence-electron chi connectivity index (χ4n) is 3.35. The van der Waals surface area contributed by atoms with Gasteiger partial charge in [-0.1, -0.05) is 0 Å². The van der Waals surface area contributed by atoms with Crippen LogP contribution in [0.3, 0.4) is 0 Å². The molecule has 0 aromatic heterocycles. The van der Waals surface area contributed by atoms with E-state index in [1.807, 2.05) is 7.05 Å². The van der Waals surface area contributed by atoms with Crippen molar-refractivity contribution in [2.75, 3.05) is 66.5 Å². The molecule has 0 atom stereocenters. The van der Waals surface area contributed by atoms with E-state index in [0.29, 0.717) is 6.54 Å². The highest BCUT2D eigenvalue weighted by molar-refractivity contribution is 5.97. The zero-order chi connectivity index (χ0) is 17.5. The lowest BCUT2D eigenvalue weighted by atomic mass is 10.0. The van der Waals surface area contributed by atoms with Crippen molar-refractivity contribution in [1.82, 2.24) is 19.6 Å². The van der Waals surface area contributed by atoms with E-state index in [0.717, 1.165) is 58.7 Å². The third-order valence-electron chi connectivity index (χ3n) is 5.07. The number of carbonyl (C=O) groups excluding carboxylic acids is 1. The Balaban J connectivity index is 1.92. The number of piperidine rings is 1. The first-order valence-corrected chi connectivity index (χ1v) is 8.79. The molecule has 0 unspecified atom stereocenters. The summed E-state index contributed by atoms with van der Waals surface area (Å²) in [5.74, 6) is -0.156. The second-order valence-electron chi connectivity index (χ2n) is 6.77. The maximum atomic E-state index is 12.7. The zero-order valence-electron chi connectivity index (χ0n) is 14.9. The van der Waals surface area contributed by atoms with Crippen LogP contribution in [0.5, 0.6) is 0 Å². The number of likely N-dealkylation sites (tertiary alicyclic amines) is 1. The number of nitrogens with zero attached hydrogens (tertiary/aromatic N) is 5. The Morgan fingerprint density at radius 2 is 1.88 bits per heavy atom. The zero-order valence-corrected chi connectivity index (χ0v) is 14.9. The standard InChI is InChI=1S/C17H30N6O/c1-20-6-3-16(4-7-20)21(2)17(24)15(13-19)14-23-11-9-22(8-5-18)10-12-23/h14,16H,3-12,18H2,1-2H3/b15-14-. The smallest absolute Gasteiger partial charge is 0.265 e. The second kappa shape index (κ2) is 9.02. The molecular weight excluding hydrogens is 304 g/mol. The van der Waals surface area contributed by atoms with Gasteiger partial charge >= 0.3 is 0 Å². The molecule has 2 saturated heterocycles. The molecule has 0 bridgehead atoms. The highest BCUT2D eigenvalue weighted by atomic mass is 16.2. The summed E-state index contributed by atoms with van der Waals surface area (Å²) in [4.78, 5) is 21.1. The minimum Gasteiger partial charge on any atom is -0.374 e. The highest BCUT2D eigenvalue weighted by Crippen LogP contribution is 2.16. The maximum Gasteiger partial charge on any atom is 0.265 e. The summed E-state index contributed by atoms with van der Waals surface area (Å²) in [5.41, 5.74) is 5.82. The van der Waals surface area contributed by atoms with Crippen LogP contribution in [0.2, 0.25) is 0 Å². The van der Waals surface area contributed by atoms with Crippen molar-refractivity contribution >= 4 is 5.91 Å². The largest absolute Gasteiger partial charge is 0.374 e. The van der Waals surface area contributed by atoms with Crippen molar-refractivity contribution in [3.63, 3.8) is 0 Å². The average Bonchev–Trinajstić information content (AvgIpc) is 2.61. The third kappa shape index (κ3) is 4.94. The predicted octanol–water partition coefficient (Wildman–Crippen LogP) is -0.477. The number of amides is 1. The summed E-state index contributed by atoms with van der Waals surface area (Å²) < 4.78 is 0. The first kappa shape index (κ1) is 18.7. The van der Waals surface area contributed by atoms with Crippen molar-refractivity contribution in [3.05, 3.63) is 11.8 Å². The molecule has 7 nitrogen and oxygen atoms in total. The topological polar surface area (TPSA) is 79.8 Å². The summed E-state index contributed by atoms with van der Waals surface area (Å²) in [7, 11) is 3.92. The van der Waals surface area contributed by atoms with Crippen LogP contribution in [0.4, 0.5) is 0 Å². The van der Waals surface area contributed by atoms with E-state index >= 15 is 0 Å². The minimum atomic E-state index is -0.156. The van der Waals surface area contributed by atoms with Gasteiger partial charge in [0.2, 0.25) is 0 Å². The first-order valence-electron chi connectivity index (χ1n) is 8.79. The van der Waals surface area contributed by atoms with Crippen molar-refractivity contribution in [2.45, 2.75) is 18.9 Å². The third-order valence-corrected chi connectivity index (χ3v) is 5.07. The molecule has 0 aromatic carbocycles. The highest BCUT2D eigenvalue weighted by Gasteiger charge is 2.26. The van der Waals surface area contributed by atoms with Gasteiger partial charge in [-0.05, 0) is 33.0 Å². The van der Waals surface area contributed by atoms with Gasteiger partial charge in [-0.25, -0.2) is 0 Å². The number of nitrogens with two attached hydrogens (primary N) is 1. The molecule has 0 aliphatic carbocycles. The van der Waals surface area contributed by atoms with E-state index < -0.39 is 0 Å². The summed E-state index contributed by atoms with van der Waals surface area (Å²) in [6.07, 6.45) is 3.68. The molecular formula is C17H30N6O. The van der Waals surface area contributed by atoms with Crippen LogP contribution < -0.4 is 5.73 Å². The van der Waals surface area contributed by atoms with E-state index in [9.17, 15) is 10.1 Å². The van der Waals surface area contributed by atoms with Crippen molar-refractivity contribution in [1.29, 1.82) is 5.26 Å². The minimum absolute atomic E-state index is 0.156.